The summed E-state index contributed by atoms with van der Waals surface area (Å²) in [5.74, 6) is -0.0411. The normalized spacial score (nSPS) is 13.3. The molecule has 1 aliphatic heterocycles. The highest BCUT2D eigenvalue weighted by atomic mass is 19.1. The molecule has 1 aromatic carbocycles. The fraction of sp³-hybridized carbons (Fsp3) is 0.300. The molecule has 0 unspecified atom stereocenters. The number of fused-ring (bicyclic) bond motifs is 1. The van der Waals surface area contributed by atoms with Gasteiger partial charge < -0.3 is 4.74 Å². The number of nitriles is 1. The van der Waals surface area contributed by atoms with Crippen molar-refractivity contribution in [2.24, 2.45) is 0 Å². The number of halogens is 1. The zero-order chi connectivity index (χ0) is 9.42. The maximum atomic E-state index is 13.2. The van der Waals surface area contributed by atoms with Crippen LogP contribution in [-0.2, 0) is 6.42 Å². The third-order valence-electron chi connectivity index (χ3n) is 2.27. The molecular formula is C10H8FNO. The third kappa shape index (κ3) is 1.06. The summed E-state index contributed by atoms with van der Waals surface area (Å²) < 4.78 is 18.4. The summed E-state index contributed by atoms with van der Waals surface area (Å²) in [7, 11) is 0. The minimum Gasteiger partial charge on any atom is -0.491 e. The molecule has 13 heavy (non-hydrogen) atoms. The van der Waals surface area contributed by atoms with Crippen LogP contribution in [-0.4, -0.2) is 6.61 Å². The van der Waals surface area contributed by atoms with Crippen molar-refractivity contribution in [3.8, 4) is 11.8 Å². The molecule has 0 amide bonds. The second-order valence-corrected chi connectivity index (χ2v) is 3.07. The van der Waals surface area contributed by atoms with E-state index in [2.05, 4.69) is 0 Å². The van der Waals surface area contributed by atoms with Crippen molar-refractivity contribution < 1.29 is 9.13 Å². The van der Waals surface area contributed by atoms with Crippen LogP contribution in [0.3, 0.4) is 0 Å². The van der Waals surface area contributed by atoms with Gasteiger partial charge in [-0.25, -0.2) is 4.39 Å². The quantitative estimate of drug-likeness (QED) is 0.606. The van der Waals surface area contributed by atoms with Gasteiger partial charge in [-0.1, -0.05) is 0 Å². The van der Waals surface area contributed by atoms with Crippen LogP contribution in [0, 0.1) is 24.1 Å². The van der Waals surface area contributed by atoms with E-state index in [1.54, 1.807) is 0 Å². The smallest absolute Gasteiger partial charge is 0.145 e. The first kappa shape index (κ1) is 8.06. The monoisotopic (exact) mass is 177 g/mol. The second-order valence-electron chi connectivity index (χ2n) is 3.07. The maximum Gasteiger partial charge on any atom is 0.145 e. The van der Waals surface area contributed by atoms with Crippen molar-refractivity contribution >= 4 is 0 Å². The Morgan fingerprint density at radius 2 is 2.38 bits per heavy atom. The summed E-state index contributed by atoms with van der Waals surface area (Å²) in [6.45, 7) is 2.38. The molecule has 0 saturated carbocycles. The summed E-state index contributed by atoms with van der Waals surface area (Å²) >= 11 is 0. The predicted octanol–water partition coefficient (Wildman–Crippen LogP) is 1.94. The van der Waals surface area contributed by atoms with Gasteiger partial charge in [0.2, 0.25) is 0 Å². The zero-order valence-electron chi connectivity index (χ0n) is 7.22. The van der Waals surface area contributed by atoms with E-state index < -0.39 is 5.82 Å². The SMILES string of the molecule is Cc1cc(F)c(C#N)c2c1CCO2. The lowest BCUT2D eigenvalue weighted by molar-refractivity contribution is 0.354. The molecule has 66 valence electrons. The fourth-order valence-corrected chi connectivity index (χ4v) is 1.62. The van der Waals surface area contributed by atoms with E-state index in [-0.39, 0.29) is 5.56 Å². The largest absolute Gasteiger partial charge is 0.491 e. The van der Waals surface area contributed by atoms with Crippen LogP contribution in [0.2, 0.25) is 0 Å². The van der Waals surface area contributed by atoms with Crippen molar-refractivity contribution in [2.45, 2.75) is 13.3 Å². The van der Waals surface area contributed by atoms with Gasteiger partial charge in [-0.3, -0.25) is 0 Å². The highest BCUT2D eigenvalue weighted by Crippen LogP contribution is 2.33. The van der Waals surface area contributed by atoms with Crippen molar-refractivity contribution in [3.05, 3.63) is 28.6 Å². The predicted molar refractivity (Wildman–Crippen MR) is 45.1 cm³/mol. The Morgan fingerprint density at radius 1 is 1.62 bits per heavy atom. The first-order valence-electron chi connectivity index (χ1n) is 4.09. The van der Waals surface area contributed by atoms with Gasteiger partial charge in [0, 0.05) is 12.0 Å². The standard InChI is InChI=1S/C10H8FNO/c1-6-4-9(11)8(5-12)10-7(6)2-3-13-10/h4H,2-3H2,1H3. The average molecular weight is 177 g/mol. The Bertz CT molecular complexity index is 406. The zero-order valence-corrected chi connectivity index (χ0v) is 7.22. The second kappa shape index (κ2) is 2.74. The van der Waals surface area contributed by atoms with Gasteiger partial charge in [0.15, 0.2) is 0 Å². The molecule has 2 nitrogen and oxygen atoms in total. The lowest BCUT2D eigenvalue weighted by Crippen LogP contribution is -1.92. The number of hydrogen-bond acceptors (Lipinski definition) is 2. The first-order chi connectivity index (χ1) is 6.24. The molecule has 0 aromatic heterocycles. The number of hydrogen-bond donors (Lipinski definition) is 0. The fourth-order valence-electron chi connectivity index (χ4n) is 1.62. The van der Waals surface area contributed by atoms with E-state index in [0.29, 0.717) is 12.4 Å². The highest BCUT2D eigenvalue weighted by molar-refractivity contribution is 5.54. The first-order valence-corrected chi connectivity index (χ1v) is 4.09. The van der Waals surface area contributed by atoms with E-state index in [9.17, 15) is 4.39 Å². The Labute approximate surface area is 75.6 Å². The van der Waals surface area contributed by atoms with E-state index in [4.69, 9.17) is 10.00 Å². The van der Waals surface area contributed by atoms with Crippen LogP contribution < -0.4 is 4.74 Å². The van der Waals surface area contributed by atoms with Gasteiger partial charge in [-0.05, 0) is 18.6 Å². The summed E-state index contributed by atoms with van der Waals surface area (Å²) in [5, 5.41) is 8.70. The molecular weight excluding hydrogens is 169 g/mol. The van der Waals surface area contributed by atoms with Crippen LogP contribution in [0.25, 0.3) is 0 Å². The van der Waals surface area contributed by atoms with Crippen LogP contribution in [0.5, 0.6) is 5.75 Å². The molecule has 0 saturated heterocycles. The molecule has 0 radical (unpaired) electrons. The average Bonchev–Trinajstić information content (AvgIpc) is 2.53. The highest BCUT2D eigenvalue weighted by Gasteiger charge is 2.21. The van der Waals surface area contributed by atoms with Gasteiger partial charge in [0.05, 0.1) is 6.61 Å². The number of rotatable bonds is 0. The van der Waals surface area contributed by atoms with Crippen LogP contribution in [0.4, 0.5) is 4.39 Å². The lowest BCUT2D eigenvalue weighted by Gasteiger charge is -2.04. The topological polar surface area (TPSA) is 33.0 Å². The van der Waals surface area contributed by atoms with E-state index in [0.717, 1.165) is 17.5 Å². The minimum absolute atomic E-state index is 0.0399. The number of ether oxygens (including phenoxy) is 1. The molecule has 1 heterocycles. The summed E-state index contributed by atoms with van der Waals surface area (Å²) in [5.41, 5.74) is 1.88. The van der Waals surface area contributed by atoms with E-state index in [1.165, 1.54) is 6.07 Å². The van der Waals surface area contributed by atoms with E-state index >= 15 is 0 Å². The number of nitrogens with zero attached hydrogens (tertiary/aromatic N) is 1. The molecule has 0 fully saturated rings. The maximum absolute atomic E-state index is 13.2. The van der Waals surface area contributed by atoms with Gasteiger partial charge in [0.25, 0.3) is 0 Å². The van der Waals surface area contributed by atoms with Crippen molar-refractivity contribution in [1.29, 1.82) is 5.26 Å². The molecule has 0 spiro atoms. The summed E-state index contributed by atoms with van der Waals surface area (Å²) in [6, 6.07) is 3.22. The van der Waals surface area contributed by atoms with Gasteiger partial charge in [-0.2, -0.15) is 5.26 Å². The van der Waals surface area contributed by atoms with Crippen LogP contribution in [0.1, 0.15) is 16.7 Å². The van der Waals surface area contributed by atoms with Crippen molar-refractivity contribution in [3.63, 3.8) is 0 Å². The minimum atomic E-state index is -0.486. The lowest BCUT2D eigenvalue weighted by atomic mass is 10.0. The van der Waals surface area contributed by atoms with E-state index in [1.807, 2.05) is 13.0 Å². The molecule has 0 aliphatic carbocycles. The van der Waals surface area contributed by atoms with Crippen molar-refractivity contribution in [1.82, 2.24) is 0 Å². The van der Waals surface area contributed by atoms with Gasteiger partial charge in [0.1, 0.15) is 23.2 Å². The Hall–Kier alpha value is -1.56. The molecule has 2 rings (SSSR count). The molecule has 1 aromatic rings. The molecule has 3 heteroatoms. The van der Waals surface area contributed by atoms with Gasteiger partial charge >= 0.3 is 0 Å². The number of aryl methyl sites for hydroxylation is 1. The Balaban J connectivity index is 2.74. The summed E-state index contributed by atoms with van der Waals surface area (Å²) in [6.07, 6.45) is 0.774. The Morgan fingerprint density at radius 3 is 3.08 bits per heavy atom. The molecule has 0 atom stereocenters. The third-order valence-corrected chi connectivity index (χ3v) is 2.27. The van der Waals surface area contributed by atoms with Crippen molar-refractivity contribution in [2.75, 3.05) is 6.61 Å². The summed E-state index contributed by atoms with van der Waals surface area (Å²) in [4.78, 5) is 0. The van der Waals surface area contributed by atoms with Crippen LogP contribution in [0.15, 0.2) is 6.07 Å². The number of benzene rings is 1. The van der Waals surface area contributed by atoms with Crippen LogP contribution >= 0.6 is 0 Å². The molecule has 1 aliphatic rings. The Kier molecular flexibility index (Phi) is 1.70. The molecule has 0 N–H and O–H groups in total. The van der Waals surface area contributed by atoms with Gasteiger partial charge in [-0.15, -0.1) is 0 Å². The molecule has 0 bridgehead atoms.